The van der Waals surface area contributed by atoms with Crippen LogP contribution in [0.3, 0.4) is 0 Å². The highest BCUT2D eigenvalue weighted by Crippen LogP contribution is 2.42. The molecule has 27 heavy (non-hydrogen) atoms. The molecule has 2 aromatic rings. The second-order valence-electron chi connectivity index (χ2n) is 7.34. The monoisotopic (exact) mass is 357 g/mol. The normalized spacial score (nSPS) is 18.7. The number of piperidine rings is 1. The predicted octanol–water partition coefficient (Wildman–Crippen LogP) is 3.88. The second-order valence-corrected chi connectivity index (χ2v) is 7.34. The van der Waals surface area contributed by atoms with E-state index in [9.17, 15) is 9.59 Å². The molecular formula is C24H23NO2. The minimum Gasteiger partial charge on any atom is -0.293 e. The molecule has 0 atom stereocenters. The van der Waals surface area contributed by atoms with E-state index < -0.39 is 5.41 Å². The number of carbonyl (C=O) groups is 2. The van der Waals surface area contributed by atoms with Gasteiger partial charge in [-0.25, -0.2) is 0 Å². The third kappa shape index (κ3) is 3.11. The van der Waals surface area contributed by atoms with Crippen molar-refractivity contribution in [3.8, 4) is 11.8 Å². The smallest absolute Gasteiger partial charge is 0.182 e. The van der Waals surface area contributed by atoms with Crippen molar-refractivity contribution in [1.29, 1.82) is 0 Å². The zero-order valence-corrected chi connectivity index (χ0v) is 15.4. The molecule has 0 unspecified atom stereocenters. The Morgan fingerprint density at radius 2 is 1.37 bits per heavy atom. The lowest BCUT2D eigenvalue weighted by Gasteiger charge is -2.25. The van der Waals surface area contributed by atoms with Crippen molar-refractivity contribution in [1.82, 2.24) is 4.90 Å². The molecule has 2 aromatic carbocycles. The summed E-state index contributed by atoms with van der Waals surface area (Å²) >= 11 is 0. The molecule has 136 valence electrons. The van der Waals surface area contributed by atoms with Crippen LogP contribution in [0.2, 0.25) is 0 Å². The van der Waals surface area contributed by atoms with E-state index in [2.05, 4.69) is 16.7 Å². The van der Waals surface area contributed by atoms with Gasteiger partial charge in [0.1, 0.15) is 5.41 Å². The molecule has 1 fully saturated rings. The summed E-state index contributed by atoms with van der Waals surface area (Å²) in [7, 11) is 0. The summed E-state index contributed by atoms with van der Waals surface area (Å²) in [6.45, 7) is 2.88. The number of hydrogen-bond donors (Lipinski definition) is 0. The Morgan fingerprint density at radius 1 is 0.778 bits per heavy atom. The Bertz CT molecular complexity index is 879. The van der Waals surface area contributed by atoms with Gasteiger partial charge in [-0.05, 0) is 31.5 Å². The van der Waals surface area contributed by atoms with Crippen molar-refractivity contribution in [2.75, 3.05) is 19.6 Å². The van der Waals surface area contributed by atoms with Crippen LogP contribution in [0, 0.1) is 11.8 Å². The Morgan fingerprint density at radius 3 is 2.00 bits per heavy atom. The molecule has 1 saturated heterocycles. The summed E-state index contributed by atoms with van der Waals surface area (Å²) in [5.74, 6) is 6.15. The van der Waals surface area contributed by atoms with Crippen LogP contribution in [0.15, 0.2) is 54.6 Å². The van der Waals surface area contributed by atoms with Crippen LogP contribution in [0.5, 0.6) is 0 Å². The summed E-state index contributed by atoms with van der Waals surface area (Å²) < 4.78 is 0. The van der Waals surface area contributed by atoms with Crippen molar-refractivity contribution in [3.05, 3.63) is 71.3 Å². The van der Waals surface area contributed by atoms with Crippen LogP contribution < -0.4 is 0 Å². The number of Topliss-reactive ketones (excluding diaryl/α,β-unsaturated/α-hetero) is 2. The Labute approximate surface area is 160 Å². The van der Waals surface area contributed by atoms with Crippen LogP contribution in [-0.4, -0.2) is 36.1 Å². The number of benzene rings is 2. The molecule has 0 aromatic heterocycles. The maximum atomic E-state index is 13.3. The second kappa shape index (κ2) is 7.50. The largest absolute Gasteiger partial charge is 0.293 e. The zero-order chi connectivity index (χ0) is 18.7. The zero-order valence-electron chi connectivity index (χ0n) is 15.4. The molecule has 1 aliphatic carbocycles. The van der Waals surface area contributed by atoms with Crippen LogP contribution in [0.25, 0.3) is 0 Å². The summed E-state index contributed by atoms with van der Waals surface area (Å²) in [6, 6.07) is 16.5. The minimum atomic E-state index is -1.21. The van der Waals surface area contributed by atoms with Crippen molar-refractivity contribution < 1.29 is 9.59 Å². The van der Waals surface area contributed by atoms with Gasteiger partial charge in [0, 0.05) is 17.5 Å². The number of likely N-dealkylation sites (tertiary alicyclic amines) is 1. The van der Waals surface area contributed by atoms with Gasteiger partial charge in [0.25, 0.3) is 0 Å². The fourth-order valence-electron chi connectivity index (χ4n) is 4.17. The molecule has 0 spiro atoms. The van der Waals surface area contributed by atoms with E-state index in [0.717, 1.165) is 18.7 Å². The van der Waals surface area contributed by atoms with E-state index in [1.165, 1.54) is 19.3 Å². The quantitative estimate of drug-likeness (QED) is 0.618. The van der Waals surface area contributed by atoms with Crippen LogP contribution in [0.4, 0.5) is 0 Å². The van der Waals surface area contributed by atoms with Gasteiger partial charge in [-0.1, -0.05) is 66.9 Å². The molecule has 3 nitrogen and oxygen atoms in total. The van der Waals surface area contributed by atoms with E-state index in [1.54, 1.807) is 12.1 Å². The molecule has 0 bridgehead atoms. The summed E-state index contributed by atoms with van der Waals surface area (Å²) in [4.78, 5) is 29.0. The SMILES string of the molecule is O=C1c2ccccc2C(=O)C1(CC#CCN1CCCCC1)c1ccccc1. The molecule has 4 rings (SSSR count). The maximum absolute atomic E-state index is 13.3. The summed E-state index contributed by atoms with van der Waals surface area (Å²) in [6.07, 6.45) is 3.98. The first-order valence-corrected chi connectivity index (χ1v) is 9.66. The topological polar surface area (TPSA) is 37.4 Å². The number of hydrogen-bond acceptors (Lipinski definition) is 3. The molecule has 0 amide bonds. The van der Waals surface area contributed by atoms with E-state index in [0.29, 0.717) is 17.7 Å². The Balaban J connectivity index is 1.65. The van der Waals surface area contributed by atoms with Crippen molar-refractivity contribution in [3.63, 3.8) is 0 Å². The van der Waals surface area contributed by atoms with E-state index in [-0.39, 0.29) is 18.0 Å². The first-order chi connectivity index (χ1) is 13.2. The summed E-state index contributed by atoms with van der Waals surface area (Å²) in [5.41, 5.74) is 0.566. The van der Waals surface area contributed by atoms with Crippen LogP contribution in [0.1, 0.15) is 52.0 Å². The summed E-state index contributed by atoms with van der Waals surface area (Å²) in [5, 5.41) is 0. The molecule has 2 aliphatic rings. The van der Waals surface area contributed by atoms with Crippen molar-refractivity contribution in [2.24, 2.45) is 0 Å². The third-order valence-electron chi connectivity index (χ3n) is 5.69. The number of rotatable bonds is 3. The molecule has 1 heterocycles. The molecular weight excluding hydrogens is 334 g/mol. The molecule has 0 N–H and O–H groups in total. The van der Waals surface area contributed by atoms with Crippen molar-refractivity contribution in [2.45, 2.75) is 31.1 Å². The fourth-order valence-corrected chi connectivity index (χ4v) is 4.17. The maximum Gasteiger partial charge on any atom is 0.182 e. The van der Waals surface area contributed by atoms with Crippen molar-refractivity contribution >= 4 is 11.6 Å². The fraction of sp³-hybridized carbons (Fsp3) is 0.333. The van der Waals surface area contributed by atoms with Gasteiger partial charge in [-0.15, -0.1) is 5.92 Å². The lowest BCUT2D eigenvalue weighted by Crippen LogP contribution is -2.38. The molecule has 0 saturated carbocycles. The Kier molecular flexibility index (Phi) is 4.92. The lowest BCUT2D eigenvalue weighted by molar-refractivity contribution is 0.0798. The average molecular weight is 357 g/mol. The highest BCUT2D eigenvalue weighted by molar-refractivity contribution is 6.33. The third-order valence-corrected chi connectivity index (χ3v) is 5.69. The number of fused-ring (bicyclic) bond motifs is 1. The highest BCUT2D eigenvalue weighted by Gasteiger charge is 2.53. The van der Waals surface area contributed by atoms with Gasteiger partial charge < -0.3 is 0 Å². The first kappa shape index (κ1) is 17.7. The lowest BCUT2D eigenvalue weighted by atomic mass is 9.73. The Hall–Kier alpha value is -2.70. The molecule has 1 aliphatic heterocycles. The molecule has 0 radical (unpaired) electrons. The number of carbonyl (C=O) groups excluding carboxylic acids is 2. The predicted molar refractivity (Wildman–Crippen MR) is 106 cm³/mol. The van der Waals surface area contributed by atoms with E-state index >= 15 is 0 Å². The number of ketones is 2. The van der Waals surface area contributed by atoms with Gasteiger partial charge in [0.15, 0.2) is 11.6 Å². The van der Waals surface area contributed by atoms with E-state index in [4.69, 9.17) is 0 Å². The first-order valence-electron chi connectivity index (χ1n) is 9.66. The van der Waals surface area contributed by atoms with Crippen LogP contribution >= 0.6 is 0 Å². The molecule has 3 heteroatoms. The highest BCUT2D eigenvalue weighted by atomic mass is 16.2. The van der Waals surface area contributed by atoms with Gasteiger partial charge in [0.2, 0.25) is 0 Å². The van der Waals surface area contributed by atoms with E-state index in [1.807, 2.05) is 42.5 Å². The minimum absolute atomic E-state index is 0.124. The van der Waals surface area contributed by atoms with Gasteiger partial charge in [-0.2, -0.15) is 0 Å². The number of nitrogens with zero attached hydrogens (tertiary/aromatic N) is 1. The standard InChI is InChI=1S/C24H23NO2/c26-22-20-13-5-6-14-21(20)23(27)24(22,19-11-3-1-4-12-19)15-7-10-18-25-16-8-2-9-17-25/h1,3-6,11-14H,2,8-9,15-18H2. The van der Waals surface area contributed by atoms with Gasteiger partial charge in [-0.3, -0.25) is 14.5 Å². The van der Waals surface area contributed by atoms with Gasteiger partial charge >= 0.3 is 0 Å². The van der Waals surface area contributed by atoms with Gasteiger partial charge in [0.05, 0.1) is 6.54 Å². The average Bonchev–Trinajstić information content (AvgIpc) is 2.95. The van der Waals surface area contributed by atoms with Crippen LogP contribution in [-0.2, 0) is 5.41 Å².